The number of amides is 1. The maximum atomic E-state index is 15.1. The summed E-state index contributed by atoms with van der Waals surface area (Å²) in [5.74, 6) is -0.902. The predicted molar refractivity (Wildman–Crippen MR) is 125 cm³/mol. The number of nitrogens with one attached hydrogen (secondary N) is 2. The minimum atomic E-state index is -3.08. The van der Waals surface area contributed by atoms with Gasteiger partial charge in [-0.25, -0.2) is 14.4 Å². The number of nitrogens with two attached hydrogens (primary N) is 1. The van der Waals surface area contributed by atoms with Crippen LogP contribution >= 0.6 is 0 Å². The van der Waals surface area contributed by atoms with Gasteiger partial charge in [0, 0.05) is 12.7 Å². The lowest BCUT2D eigenvalue weighted by molar-refractivity contribution is 0.102. The molecule has 9 nitrogen and oxygen atoms in total. The third kappa shape index (κ3) is 3.41. The number of halogens is 1. The van der Waals surface area contributed by atoms with Gasteiger partial charge in [-0.15, -0.1) is 0 Å². The van der Waals surface area contributed by atoms with Gasteiger partial charge in [-0.3, -0.25) is 18.7 Å². The van der Waals surface area contributed by atoms with Gasteiger partial charge in [-0.1, -0.05) is 0 Å². The number of carbonyl (C=O) groups excluding carboxylic acids is 1. The normalized spacial score (nSPS) is 25.9. The second-order valence-corrected chi connectivity index (χ2v) is 12.4. The summed E-state index contributed by atoms with van der Waals surface area (Å²) in [6.07, 6.45) is 1.83. The molecule has 0 spiro atoms. The Morgan fingerprint density at radius 3 is 2.79 bits per heavy atom. The number of anilines is 1. The zero-order valence-corrected chi connectivity index (χ0v) is 19.7. The molecule has 1 saturated heterocycles. The van der Waals surface area contributed by atoms with E-state index < -0.39 is 37.4 Å². The average Bonchev–Trinajstić information content (AvgIpc) is 3.18. The highest BCUT2D eigenvalue weighted by atomic mass is 32.3. The molecule has 4 heterocycles. The first-order valence-corrected chi connectivity index (χ1v) is 12.3. The van der Waals surface area contributed by atoms with Crippen molar-refractivity contribution in [2.45, 2.75) is 49.7 Å². The number of pyridine rings is 2. The molecule has 0 aromatic carbocycles. The Bertz CT molecular complexity index is 1290. The molecule has 4 rings (SSSR count). The van der Waals surface area contributed by atoms with Crippen LogP contribution < -0.4 is 15.8 Å². The highest BCUT2D eigenvalue weighted by Crippen LogP contribution is 2.48. The monoisotopic (exact) mass is 471 g/mol. The molecule has 2 aromatic rings. The molecular weight excluding hydrogens is 445 g/mol. The lowest BCUT2D eigenvalue weighted by Crippen LogP contribution is -2.64. The number of aromatic nitrogens is 2. The van der Waals surface area contributed by atoms with Crippen molar-refractivity contribution in [1.82, 2.24) is 14.7 Å². The number of fused-ring (bicyclic) bond motifs is 1. The summed E-state index contributed by atoms with van der Waals surface area (Å²) in [5.41, 5.74) is 5.92. The van der Waals surface area contributed by atoms with E-state index in [9.17, 15) is 9.00 Å². The SMILES string of the molecule is Cc1cc(C#N)cnc1C(=O)Nc1ccc(F)c([C@@]2(C)N=C(N)C(C)(C)[SH]3(=O)NCC[C@H]23)n1. The first-order valence-electron chi connectivity index (χ1n) is 10.5. The number of aryl methyl sites for hydroxylation is 1. The van der Waals surface area contributed by atoms with E-state index in [0.29, 0.717) is 24.1 Å². The number of nitriles is 1. The molecule has 2 atom stereocenters. The van der Waals surface area contributed by atoms with Crippen molar-refractivity contribution in [3.8, 4) is 6.07 Å². The van der Waals surface area contributed by atoms with Crippen LogP contribution in [-0.4, -0.2) is 42.5 Å². The number of thiol groups is 1. The Kier molecular flexibility index (Phi) is 5.34. The molecular formula is C22H26FN7O2S. The Morgan fingerprint density at radius 1 is 1.39 bits per heavy atom. The lowest BCUT2D eigenvalue weighted by atomic mass is 9.90. The van der Waals surface area contributed by atoms with Crippen LogP contribution in [0, 0.1) is 24.1 Å². The largest absolute Gasteiger partial charge is 0.386 e. The number of hydrogen-bond acceptors (Lipinski definition) is 7. The minimum absolute atomic E-state index is 0.0304. The van der Waals surface area contributed by atoms with Crippen molar-refractivity contribution >= 4 is 27.7 Å². The molecule has 174 valence electrons. The fourth-order valence-electron chi connectivity index (χ4n) is 4.64. The molecule has 2 aliphatic heterocycles. The molecule has 0 unspecified atom stereocenters. The van der Waals surface area contributed by atoms with Crippen LogP contribution in [0.1, 0.15) is 54.5 Å². The van der Waals surface area contributed by atoms with Gasteiger partial charge in [-0.05, 0) is 68.0 Å². The van der Waals surface area contributed by atoms with E-state index in [0.717, 1.165) is 0 Å². The van der Waals surface area contributed by atoms with Gasteiger partial charge in [0.15, 0.2) is 0 Å². The highest BCUT2D eigenvalue weighted by molar-refractivity contribution is 8.04. The molecule has 0 aliphatic carbocycles. The van der Waals surface area contributed by atoms with Gasteiger partial charge < -0.3 is 11.1 Å². The van der Waals surface area contributed by atoms with Crippen molar-refractivity contribution in [2.24, 2.45) is 10.7 Å². The number of nitrogens with zero attached hydrogens (tertiary/aromatic N) is 4. The molecule has 0 saturated carbocycles. The summed E-state index contributed by atoms with van der Waals surface area (Å²) in [5, 5.41) is 11.1. The molecule has 0 bridgehead atoms. The number of rotatable bonds is 3. The highest BCUT2D eigenvalue weighted by Gasteiger charge is 2.59. The first-order chi connectivity index (χ1) is 15.4. The van der Waals surface area contributed by atoms with Gasteiger partial charge in [-0.2, -0.15) is 5.26 Å². The van der Waals surface area contributed by atoms with E-state index in [1.165, 1.54) is 18.3 Å². The van der Waals surface area contributed by atoms with Crippen LogP contribution in [0.3, 0.4) is 0 Å². The topological polar surface area (TPSA) is 146 Å². The van der Waals surface area contributed by atoms with Gasteiger partial charge in [0.1, 0.15) is 40.5 Å². The zero-order chi connectivity index (χ0) is 24.2. The van der Waals surface area contributed by atoms with Crippen LogP contribution in [0.25, 0.3) is 0 Å². The molecule has 0 radical (unpaired) electrons. The van der Waals surface area contributed by atoms with Gasteiger partial charge in [0.25, 0.3) is 5.91 Å². The maximum Gasteiger partial charge on any atom is 0.275 e. The van der Waals surface area contributed by atoms with Crippen LogP contribution in [0.4, 0.5) is 10.2 Å². The van der Waals surface area contributed by atoms with E-state index in [1.54, 1.807) is 33.8 Å². The smallest absolute Gasteiger partial charge is 0.275 e. The average molecular weight is 472 g/mol. The van der Waals surface area contributed by atoms with Gasteiger partial charge in [0.05, 0.1) is 15.6 Å². The Morgan fingerprint density at radius 2 is 2.12 bits per heavy atom. The van der Waals surface area contributed by atoms with Crippen LogP contribution in [0.15, 0.2) is 29.4 Å². The lowest BCUT2D eigenvalue weighted by Gasteiger charge is -2.50. The fraction of sp³-hybridized carbons (Fsp3) is 0.409. The van der Waals surface area contributed by atoms with E-state index in [-0.39, 0.29) is 23.0 Å². The van der Waals surface area contributed by atoms with Crippen LogP contribution in [0.5, 0.6) is 0 Å². The molecule has 1 fully saturated rings. The molecule has 2 aromatic heterocycles. The van der Waals surface area contributed by atoms with Gasteiger partial charge >= 0.3 is 0 Å². The molecule has 33 heavy (non-hydrogen) atoms. The van der Waals surface area contributed by atoms with E-state index in [2.05, 4.69) is 25.0 Å². The van der Waals surface area contributed by atoms with E-state index in [1.807, 2.05) is 6.07 Å². The van der Waals surface area contributed by atoms with Gasteiger partial charge in [0.2, 0.25) is 0 Å². The van der Waals surface area contributed by atoms with E-state index in [4.69, 9.17) is 11.0 Å². The summed E-state index contributed by atoms with van der Waals surface area (Å²) < 4.78 is 31.3. The summed E-state index contributed by atoms with van der Waals surface area (Å²) in [4.78, 5) is 25.8. The van der Waals surface area contributed by atoms with Crippen molar-refractivity contribution < 1.29 is 13.4 Å². The van der Waals surface area contributed by atoms with E-state index >= 15 is 4.39 Å². The van der Waals surface area contributed by atoms with Crippen molar-refractivity contribution in [2.75, 3.05) is 11.9 Å². The van der Waals surface area contributed by atoms with Crippen LogP contribution in [-0.2, 0) is 15.7 Å². The summed E-state index contributed by atoms with van der Waals surface area (Å²) >= 11 is 0. The minimum Gasteiger partial charge on any atom is -0.386 e. The number of amidine groups is 1. The Balaban J connectivity index is 1.74. The third-order valence-electron chi connectivity index (χ3n) is 6.65. The maximum absolute atomic E-state index is 15.1. The summed E-state index contributed by atoms with van der Waals surface area (Å²) in [7, 11) is -3.08. The molecule has 2 aliphatic rings. The number of hydrogen-bond donors (Lipinski definition) is 4. The fourth-order valence-corrected chi connectivity index (χ4v) is 8.27. The standard InChI is InChI=1S/C22H26FN7O2S/c1-12-9-13(10-24)11-26-17(12)19(31)29-16-6-5-14(23)18(28-16)22(4)15-7-8-27-33(15,32)21(2,3)20(25)30-22/h5-6,9,11,15,33H,7-8H2,1-4H3,(H2,25,30)(H,27,32)(H,28,29,31)/t15-,22+/m1/s1. The molecule has 4 N–H and O–H groups in total. The second kappa shape index (κ2) is 7.67. The Labute approximate surface area is 192 Å². The Hall–Kier alpha value is -3.23. The number of aliphatic imine (C=N–C) groups is 1. The second-order valence-electron chi connectivity index (χ2n) is 9.06. The molecule has 11 heteroatoms. The van der Waals surface area contributed by atoms with Crippen molar-refractivity contribution in [1.29, 1.82) is 5.26 Å². The van der Waals surface area contributed by atoms with Crippen LogP contribution in [0.2, 0.25) is 0 Å². The zero-order valence-electron chi connectivity index (χ0n) is 18.8. The number of carbonyl (C=O) groups is 1. The summed E-state index contributed by atoms with van der Waals surface area (Å²) in [6.45, 7) is 7.42. The predicted octanol–water partition coefficient (Wildman–Crippen LogP) is 1.71. The van der Waals surface area contributed by atoms with Crippen molar-refractivity contribution in [3.63, 3.8) is 0 Å². The van der Waals surface area contributed by atoms with Crippen molar-refractivity contribution in [3.05, 3.63) is 52.7 Å². The quantitative estimate of drug-likeness (QED) is 0.501. The third-order valence-corrected chi connectivity index (χ3v) is 10.9. The molecule has 1 amide bonds. The first kappa shape index (κ1) is 22.9. The summed E-state index contributed by atoms with van der Waals surface area (Å²) in [6, 6.07) is 6.06.